The van der Waals surface area contributed by atoms with Crippen molar-refractivity contribution in [3.63, 3.8) is 0 Å². The number of aliphatic hydroxyl groups excluding tert-OH is 1. The molecule has 0 radical (unpaired) electrons. The van der Waals surface area contributed by atoms with Gasteiger partial charge in [0.2, 0.25) is 5.91 Å². The molecule has 0 aromatic heterocycles. The number of nitrogens with zero attached hydrogens (tertiary/aromatic N) is 2. The van der Waals surface area contributed by atoms with E-state index in [1.54, 1.807) is 9.80 Å². The molecule has 1 spiro atoms. The molecule has 0 unspecified atom stereocenters. The maximum atomic E-state index is 14.4. The molecule has 0 aliphatic carbocycles. The van der Waals surface area contributed by atoms with Crippen molar-refractivity contribution in [3.8, 4) is 0 Å². The first-order valence-electron chi connectivity index (χ1n) is 14.1. The van der Waals surface area contributed by atoms with Crippen LogP contribution in [0.5, 0.6) is 0 Å². The number of aryl methyl sites for hydroxylation is 1. The van der Waals surface area contributed by atoms with E-state index >= 15 is 0 Å². The molecular weight excluding hydrogens is 520 g/mol. The summed E-state index contributed by atoms with van der Waals surface area (Å²) >= 11 is 0. The molecule has 0 bridgehead atoms. The fourth-order valence-electron chi connectivity index (χ4n) is 7.27. The van der Waals surface area contributed by atoms with Crippen LogP contribution in [0.1, 0.15) is 36.5 Å². The number of hydrogen-bond acceptors (Lipinski definition) is 5. The number of amides is 2. The Kier molecular flexibility index (Phi) is 6.69. The van der Waals surface area contributed by atoms with Crippen LogP contribution in [0.2, 0.25) is 18.6 Å². The van der Waals surface area contributed by atoms with Gasteiger partial charge in [-0.1, -0.05) is 55.5 Å². The summed E-state index contributed by atoms with van der Waals surface area (Å²) in [7, 11) is -2.73. The fourth-order valence-corrected chi connectivity index (χ4v) is 9.88. The molecule has 3 aromatic rings. The SMILES string of the molecule is C[C@H]1[C@H]([Si](C)(C)O)[C@@H](CCO)O[C@]12C(=O)N(Cc1cccc(N3C(=O)CCc4ccccc43)c1)c1ccccc12. The van der Waals surface area contributed by atoms with Crippen LogP contribution < -0.4 is 9.80 Å². The van der Waals surface area contributed by atoms with Crippen LogP contribution in [0, 0.1) is 5.92 Å². The number of rotatable bonds is 6. The van der Waals surface area contributed by atoms with Gasteiger partial charge in [-0.2, -0.15) is 0 Å². The third-order valence-electron chi connectivity index (χ3n) is 8.90. The van der Waals surface area contributed by atoms with Crippen LogP contribution in [0.15, 0.2) is 72.8 Å². The molecule has 0 saturated carbocycles. The van der Waals surface area contributed by atoms with Gasteiger partial charge in [-0.05, 0) is 61.3 Å². The van der Waals surface area contributed by atoms with Crippen molar-refractivity contribution >= 4 is 37.2 Å². The molecule has 208 valence electrons. The highest BCUT2D eigenvalue weighted by molar-refractivity contribution is 6.71. The van der Waals surface area contributed by atoms with Gasteiger partial charge >= 0.3 is 0 Å². The molecule has 1 saturated heterocycles. The standard InChI is InChI=1S/C32H36N2O5Si/c1-21-30(40(2,3)38)28(17-18-35)39-32(21)25-12-5-7-14-27(25)33(31(32)37)20-22-9-8-11-24(19-22)34-26-13-6-4-10-23(26)15-16-29(34)36/h4-14,19,21,28,30,35,38H,15-18,20H2,1-3H3/t21-,28+,30-,32+/m0/s1. The van der Waals surface area contributed by atoms with Crippen LogP contribution >= 0.6 is 0 Å². The van der Waals surface area contributed by atoms with Crippen LogP contribution in [0.4, 0.5) is 17.1 Å². The Morgan fingerprint density at radius 2 is 1.70 bits per heavy atom. The number of hydrogen-bond donors (Lipinski definition) is 2. The van der Waals surface area contributed by atoms with Crippen LogP contribution in [-0.4, -0.2) is 42.7 Å². The number of anilines is 3. The van der Waals surface area contributed by atoms with E-state index in [-0.39, 0.29) is 29.9 Å². The fraction of sp³-hybridized carbons (Fsp3) is 0.375. The van der Waals surface area contributed by atoms with E-state index in [2.05, 4.69) is 6.07 Å². The summed E-state index contributed by atoms with van der Waals surface area (Å²) in [6, 6.07) is 23.6. The molecule has 2 amide bonds. The molecule has 6 rings (SSSR count). The number of para-hydroxylation sites is 2. The van der Waals surface area contributed by atoms with Gasteiger partial charge in [-0.3, -0.25) is 14.5 Å². The number of aliphatic hydroxyl groups is 1. The van der Waals surface area contributed by atoms with Gasteiger partial charge in [0.25, 0.3) is 5.91 Å². The van der Waals surface area contributed by atoms with Crippen LogP contribution in [0.3, 0.4) is 0 Å². The van der Waals surface area contributed by atoms with Crippen LogP contribution in [-0.2, 0) is 32.9 Å². The second-order valence-corrected chi connectivity index (χ2v) is 15.8. The predicted molar refractivity (Wildman–Crippen MR) is 157 cm³/mol. The first-order valence-corrected chi connectivity index (χ1v) is 17.1. The topological polar surface area (TPSA) is 90.3 Å². The predicted octanol–water partition coefficient (Wildman–Crippen LogP) is 5.02. The number of ether oxygens (including phenoxy) is 1. The minimum absolute atomic E-state index is 0.0577. The summed E-state index contributed by atoms with van der Waals surface area (Å²) in [6.45, 7) is 6.02. The minimum atomic E-state index is -2.73. The quantitative estimate of drug-likeness (QED) is 0.416. The number of carbonyl (C=O) groups excluding carboxylic acids is 2. The Hall–Kier alpha value is -3.30. The largest absolute Gasteiger partial charge is 0.432 e. The van der Waals surface area contributed by atoms with Gasteiger partial charge in [0.1, 0.15) is 0 Å². The summed E-state index contributed by atoms with van der Waals surface area (Å²) in [4.78, 5) is 42.3. The highest BCUT2D eigenvalue weighted by Crippen LogP contribution is 2.59. The molecule has 3 aliphatic heterocycles. The minimum Gasteiger partial charge on any atom is -0.432 e. The summed E-state index contributed by atoms with van der Waals surface area (Å²) < 4.78 is 6.65. The Morgan fingerprint density at radius 3 is 2.45 bits per heavy atom. The monoisotopic (exact) mass is 556 g/mol. The van der Waals surface area contributed by atoms with E-state index in [9.17, 15) is 19.5 Å². The van der Waals surface area contributed by atoms with Crippen molar-refractivity contribution in [3.05, 3.63) is 89.5 Å². The van der Waals surface area contributed by atoms with Gasteiger partial charge in [0.05, 0.1) is 24.0 Å². The Bertz CT molecular complexity index is 1470. The van der Waals surface area contributed by atoms with E-state index in [1.807, 2.05) is 86.7 Å². The zero-order valence-corrected chi connectivity index (χ0v) is 24.2. The smallest absolute Gasteiger partial charge is 0.264 e. The molecule has 7 nitrogen and oxygen atoms in total. The zero-order chi connectivity index (χ0) is 28.2. The highest BCUT2D eigenvalue weighted by atomic mass is 28.4. The van der Waals surface area contributed by atoms with Gasteiger partial charge in [-0.25, -0.2) is 0 Å². The zero-order valence-electron chi connectivity index (χ0n) is 23.2. The number of carbonyl (C=O) groups is 2. The van der Waals surface area contributed by atoms with E-state index in [0.717, 1.165) is 40.2 Å². The lowest BCUT2D eigenvalue weighted by Gasteiger charge is -2.32. The third kappa shape index (κ3) is 4.13. The average Bonchev–Trinajstić information content (AvgIpc) is 3.36. The van der Waals surface area contributed by atoms with Crippen molar-refractivity contribution < 1.29 is 24.2 Å². The lowest BCUT2D eigenvalue weighted by molar-refractivity contribution is -0.146. The Labute approximate surface area is 236 Å². The molecule has 2 N–H and O–H groups in total. The van der Waals surface area contributed by atoms with Crippen molar-refractivity contribution in [2.75, 3.05) is 16.4 Å². The van der Waals surface area contributed by atoms with Gasteiger partial charge in [-0.15, -0.1) is 0 Å². The first-order chi connectivity index (χ1) is 19.2. The molecule has 3 aromatic carbocycles. The van der Waals surface area contributed by atoms with Crippen LogP contribution in [0.25, 0.3) is 0 Å². The lowest BCUT2D eigenvalue weighted by Crippen LogP contribution is -2.46. The summed E-state index contributed by atoms with van der Waals surface area (Å²) in [5.74, 6) is -0.347. The number of fused-ring (bicyclic) bond motifs is 3. The normalized spacial score (nSPS) is 26.0. The van der Waals surface area contributed by atoms with Gasteiger partial charge in [0.15, 0.2) is 13.9 Å². The van der Waals surface area contributed by atoms with E-state index < -0.39 is 20.0 Å². The summed E-state index contributed by atoms with van der Waals surface area (Å²) in [5.41, 5.74) is 3.93. The van der Waals surface area contributed by atoms with E-state index in [0.29, 0.717) is 19.4 Å². The maximum absolute atomic E-state index is 14.4. The van der Waals surface area contributed by atoms with Crippen molar-refractivity contribution in [1.29, 1.82) is 0 Å². The molecule has 8 heteroatoms. The number of benzene rings is 3. The van der Waals surface area contributed by atoms with Crippen molar-refractivity contribution in [1.82, 2.24) is 0 Å². The summed E-state index contributed by atoms with van der Waals surface area (Å²) in [5, 5.41) is 9.78. The molecular formula is C32H36N2O5Si. The third-order valence-corrected chi connectivity index (χ3v) is 11.4. The maximum Gasteiger partial charge on any atom is 0.264 e. The average molecular weight is 557 g/mol. The first kappa shape index (κ1) is 26.9. The molecule has 3 heterocycles. The Balaban J connectivity index is 1.37. The summed E-state index contributed by atoms with van der Waals surface area (Å²) in [6.07, 6.45) is 1.15. The Morgan fingerprint density at radius 1 is 0.975 bits per heavy atom. The molecule has 1 fully saturated rings. The van der Waals surface area contributed by atoms with E-state index in [4.69, 9.17) is 4.74 Å². The molecule has 3 aliphatic rings. The molecule has 4 atom stereocenters. The van der Waals surface area contributed by atoms with Crippen molar-refractivity contribution in [2.45, 2.75) is 63.1 Å². The van der Waals surface area contributed by atoms with E-state index in [1.165, 1.54) is 0 Å². The molecule has 40 heavy (non-hydrogen) atoms. The second kappa shape index (κ2) is 9.96. The second-order valence-electron chi connectivity index (χ2n) is 11.8. The lowest BCUT2D eigenvalue weighted by atomic mass is 9.82. The van der Waals surface area contributed by atoms with Gasteiger partial charge in [0, 0.05) is 35.7 Å². The van der Waals surface area contributed by atoms with Gasteiger partial charge < -0.3 is 19.5 Å². The highest BCUT2D eigenvalue weighted by Gasteiger charge is 2.66. The van der Waals surface area contributed by atoms with Crippen molar-refractivity contribution in [2.24, 2.45) is 5.92 Å².